The Morgan fingerprint density at radius 3 is 2.65 bits per heavy atom. The summed E-state index contributed by atoms with van der Waals surface area (Å²) < 4.78 is 26.9. The van der Waals surface area contributed by atoms with E-state index in [4.69, 9.17) is 11.6 Å². The highest BCUT2D eigenvalue weighted by Crippen LogP contribution is 2.23. The van der Waals surface area contributed by atoms with Crippen molar-refractivity contribution in [2.45, 2.75) is 4.90 Å². The van der Waals surface area contributed by atoms with Crippen molar-refractivity contribution < 1.29 is 8.42 Å². The van der Waals surface area contributed by atoms with Crippen molar-refractivity contribution in [3.05, 3.63) is 42.1 Å². The van der Waals surface area contributed by atoms with Crippen molar-refractivity contribution in [3.8, 4) is 0 Å². The molecule has 2 heterocycles. The van der Waals surface area contributed by atoms with Gasteiger partial charge in [0.25, 0.3) is 10.0 Å². The number of anilines is 1. The third-order valence-corrected chi connectivity index (χ3v) is 4.15. The first kappa shape index (κ1) is 12.8. The monoisotopic (exact) mass is 309 g/mol. The zero-order valence-electron chi connectivity index (χ0n) is 9.91. The van der Waals surface area contributed by atoms with Crippen LogP contribution in [0.5, 0.6) is 0 Å². The van der Waals surface area contributed by atoms with Crippen molar-refractivity contribution in [2.24, 2.45) is 0 Å². The average Bonchev–Trinajstić information content (AvgIpc) is 2.88. The van der Waals surface area contributed by atoms with Gasteiger partial charge in [-0.3, -0.25) is 9.82 Å². The van der Waals surface area contributed by atoms with Crippen molar-refractivity contribution >= 4 is 38.2 Å². The number of hydrogen-bond donors (Lipinski definition) is 2. The van der Waals surface area contributed by atoms with Crippen LogP contribution in [0.25, 0.3) is 10.9 Å². The zero-order chi connectivity index (χ0) is 14.2. The van der Waals surface area contributed by atoms with Gasteiger partial charge in [0.1, 0.15) is 4.90 Å². The van der Waals surface area contributed by atoms with Crippen LogP contribution in [0.3, 0.4) is 0 Å². The molecule has 0 aliphatic heterocycles. The fourth-order valence-electron chi connectivity index (χ4n) is 1.70. The molecule has 0 bridgehead atoms. The van der Waals surface area contributed by atoms with Gasteiger partial charge in [0.05, 0.1) is 29.8 Å². The molecule has 2 N–H and O–H groups in total. The Balaban J connectivity index is 2.01. The Morgan fingerprint density at radius 2 is 1.90 bits per heavy atom. The van der Waals surface area contributed by atoms with Crippen LogP contribution in [0.1, 0.15) is 0 Å². The van der Waals surface area contributed by atoms with Gasteiger partial charge in [0, 0.05) is 5.39 Å². The summed E-state index contributed by atoms with van der Waals surface area (Å²) in [5.41, 5.74) is 1.16. The van der Waals surface area contributed by atoms with Crippen molar-refractivity contribution in [2.75, 3.05) is 4.72 Å². The molecule has 0 saturated heterocycles. The molecule has 9 heteroatoms. The van der Waals surface area contributed by atoms with Gasteiger partial charge in [-0.25, -0.2) is 18.4 Å². The Hall–Kier alpha value is -2.19. The van der Waals surface area contributed by atoms with Gasteiger partial charge in [-0.15, -0.1) is 0 Å². The molecule has 20 heavy (non-hydrogen) atoms. The molecule has 0 atom stereocenters. The first-order valence-electron chi connectivity index (χ1n) is 5.49. The number of halogens is 1. The molecule has 0 radical (unpaired) electrons. The van der Waals surface area contributed by atoms with E-state index in [0.717, 1.165) is 17.9 Å². The standard InChI is InChI=1S/C11H8ClN5O2S/c12-11-13-4-7(5-14-11)20(18,19)17-10-3-1-2-9-8(10)6-15-16-9/h1-6,17H,(H,15,16). The van der Waals surface area contributed by atoms with E-state index in [1.165, 1.54) is 0 Å². The molecule has 3 aromatic rings. The number of nitrogens with one attached hydrogen (secondary N) is 2. The van der Waals surface area contributed by atoms with Gasteiger partial charge in [-0.2, -0.15) is 5.10 Å². The Morgan fingerprint density at radius 1 is 1.15 bits per heavy atom. The van der Waals surface area contributed by atoms with Crippen LogP contribution < -0.4 is 4.72 Å². The first-order chi connectivity index (χ1) is 9.56. The van der Waals surface area contributed by atoms with E-state index in [1.807, 2.05) is 0 Å². The van der Waals surface area contributed by atoms with Gasteiger partial charge in [-0.1, -0.05) is 6.07 Å². The summed E-state index contributed by atoms with van der Waals surface area (Å²) in [6.07, 6.45) is 3.84. The predicted octanol–water partition coefficient (Wildman–Crippen LogP) is 1.81. The molecule has 7 nitrogen and oxygen atoms in total. The highest BCUT2D eigenvalue weighted by molar-refractivity contribution is 7.92. The lowest BCUT2D eigenvalue weighted by atomic mass is 10.2. The highest BCUT2D eigenvalue weighted by atomic mass is 35.5. The zero-order valence-corrected chi connectivity index (χ0v) is 11.5. The normalized spacial score (nSPS) is 11.7. The van der Waals surface area contributed by atoms with E-state index in [-0.39, 0.29) is 10.2 Å². The Bertz CT molecular complexity index is 860. The summed E-state index contributed by atoms with van der Waals surface area (Å²) in [6, 6.07) is 5.16. The van der Waals surface area contributed by atoms with Crippen LogP contribution in [0.15, 0.2) is 41.7 Å². The smallest absolute Gasteiger partial charge is 0.264 e. The van der Waals surface area contributed by atoms with E-state index in [1.54, 1.807) is 24.4 Å². The fourth-order valence-corrected chi connectivity index (χ4v) is 2.77. The summed E-state index contributed by atoms with van der Waals surface area (Å²) in [6.45, 7) is 0. The summed E-state index contributed by atoms with van der Waals surface area (Å²) in [7, 11) is -3.77. The van der Waals surface area contributed by atoms with Crippen LogP contribution >= 0.6 is 11.6 Å². The topological polar surface area (TPSA) is 101 Å². The SMILES string of the molecule is O=S(=O)(Nc1cccc2[nH]ncc12)c1cnc(Cl)nc1. The maximum atomic E-state index is 12.2. The lowest BCUT2D eigenvalue weighted by molar-refractivity contribution is 0.600. The predicted molar refractivity (Wildman–Crippen MR) is 73.9 cm³/mol. The quantitative estimate of drug-likeness (QED) is 0.719. The molecule has 0 fully saturated rings. The lowest BCUT2D eigenvalue weighted by Gasteiger charge is -2.08. The van der Waals surface area contributed by atoms with E-state index >= 15 is 0 Å². The third kappa shape index (κ3) is 2.30. The summed E-state index contributed by atoms with van der Waals surface area (Å²) >= 11 is 5.54. The minimum atomic E-state index is -3.77. The minimum Gasteiger partial charge on any atom is -0.279 e. The van der Waals surface area contributed by atoms with Gasteiger partial charge in [0.15, 0.2) is 0 Å². The van der Waals surface area contributed by atoms with Crippen LogP contribution in [0, 0.1) is 0 Å². The van der Waals surface area contributed by atoms with Crippen LogP contribution in [-0.2, 0) is 10.0 Å². The van der Waals surface area contributed by atoms with Gasteiger partial charge < -0.3 is 0 Å². The maximum Gasteiger partial charge on any atom is 0.264 e. The summed E-state index contributed by atoms with van der Waals surface area (Å²) in [4.78, 5) is 7.24. The number of fused-ring (bicyclic) bond motifs is 1. The molecule has 0 spiro atoms. The Labute approximate surface area is 119 Å². The molecular formula is C11H8ClN5O2S. The molecule has 1 aromatic carbocycles. The molecule has 102 valence electrons. The lowest BCUT2D eigenvalue weighted by Crippen LogP contribution is -2.13. The highest BCUT2D eigenvalue weighted by Gasteiger charge is 2.16. The van der Waals surface area contributed by atoms with Crippen molar-refractivity contribution in [1.29, 1.82) is 0 Å². The van der Waals surface area contributed by atoms with Crippen molar-refractivity contribution in [3.63, 3.8) is 0 Å². The molecule has 0 amide bonds. The number of sulfonamides is 1. The molecule has 0 saturated carbocycles. The van der Waals surface area contributed by atoms with Crippen molar-refractivity contribution in [1.82, 2.24) is 20.2 Å². The largest absolute Gasteiger partial charge is 0.279 e. The molecule has 0 aliphatic rings. The molecule has 3 rings (SSSR count). The van der Waals surface area contributed by atoms with Crippen LogP contribution in [-0.4, -0.2) is 28.6 Å². The maximum absolute atomic E-state index is 12.2. The van der Waals surface area contributed by atoms with Crippen LogP contribution in [0.4, 0.5) is 5.69 Å². The van der Waals surface area contributed by atoms with E-state index < -0.39 is 10.0 Å². The summed E-state index contributed by atoms with van der Waals surface area (Å²) in [5.74, 6) is 0. The van der Waals surface area contributed by atoms with Gasteiger partial charge in [-0.05, 0) is 23.7 Å². The average molecular weight is 310 g/mol. The van der Waals surface area contributed by atoms with Gasteiger partial charge in [0.2, 0.25) is 5.28 Å². The van der Waals surface area contributed by atoms with Gasteiger partial charge >= 0.3 is 0 Å². The molecular weight excluding hydrogens is 302 g/mol. The number of aromatic amines is 1. The summed E-state index contributed by atoms with van der Waals surface area (Å²) in [5, 5.41) is 7.30. The number of aromatic nitrogens is 4. The minimum absolute atomic E-state index is 0.0131. The number of hydrogen-bond acceptors (Lipinski definition) is 5. The van der Waals surface area contributed by atoms with E-state index in [0.29, 0.717) is 11.1 Å². The fraction of sp³-hybridized carbons (Fsp3) is 0. The molecule has 0 unspecified atom stereocenters. The van der Waals surface area contributed by atoms with Crippen LogP contribution in [0.2, 0.25) is 5.28 Å². The first-order valence-corrected chi connectivity index (χ1v) is 7.35. The second-order valence-corrected chi connectivity index (χ2v) is 5.95. The number of H-pyrrole nitrogens is 1. The number of rotatable bonds is 3. The molecule has 0 aliphatic carbocycles. The second kappa shape index (κ2) is 4.73. The third-order valence-electron chi connectivity index (χ3n) is 2.64. The van der Waals surface area contributed by atoms with E-state index in [2.05, 4.69) is 24.9 Å². The van der Waals surface area contributed by atoms with E-state index in [9.17, 15) is 8.42 Å². The molecule has 2 aromatic heterocycles. The number of benzene rings is 1. The number of nitrogens with zero attached hydrogens (tertiary/aromatic N) is 3. The second-order valence-electron chi connectivity index (χ2n) is 3.93. The Kier molecular flexibility index (Phi) is 3.03.